The van der Waals surface area contributed by atoms with Crippen molar-refractivity contribution in [1.82, 2.24) is 14.7 Å². The molecule has 112 valence electrons. The number of rotatable bonds is 6. The van der Waals surface area contributed by atoms with Crippen molar-refractivity contribution >= 4 is 28.3 Å². The summed E-state index contributed by atoms with van der Waals surface area (Å²) in [5.74, 6) is -1.67. The fourth-order valence-corrected chi connectivity index (χ4v) is 3.07. The van der Waals surface area contributed by atoms with E-state index in [1.165, 1.54) is 6.92 Å². The van der Waals surface area contributed by atoms with Crippen LogP contribution in [0.4, 0.5) is 0 Å². The lowest BCUT2D eigenvalue weighted by Crippen LogP contribution is -2.43. The Labute approximate surface area is 123 Å². The maximum Gasteiger partial charge on any atom is 0.327 e. The van der Waals surface area contributed by atoms with E-state index in [2.05, 4.69) is 10.3 Å². The van der Waals surface area contributed by atoms with E-state index < -0.39 is 28.7 Å². The van der Waals surface area contributed by atoms with Gasteiger partial charge in [0, 0.05) is 30.1 Å². The molecule has 0 aliphatic heterocycles. The van der Waals surface area contributed by atoms with E-state index in [1.807, 2.05) is 24.4 Å². The minimum Gasteiger partial charge on any atom is -0.480 e. The van der Waals surface area contributed by atoms with Crippen LogP contribution in [0.25, 0.3) is 5.65 Å². The molecule has 0 radical (unpaired) electrons. The molecule has 2 heterocycles. The van der Waals surface area contributed by atoms with Crippen LogP contribution in [0.15, 0.2) is 30.6 Å². The van der Waals surface area contributed by atoms with Crippen molar-refractivity contribution in [2.75, 3.05) is 5.75 Å². The van der Waals surface area contributed by atoms with E-state index in [4.69, 9.17) is 5.11 Å². The highest BCUT2D eigenvalue weighted by atomic mass is 32.2. The van der Waals surface area contributed by atoms with Gasteiger partial charge in [-0.05, 0) is 12.1 Å². The van der Waals surface area contributed by atoms with Crippen LogP contribution < -0.4 is 5.32 Å². The summed E-state index contributed by atoms with van der Waals surface area (Å²) in [5, 5.41) is 11.2. The molecule has 2 N–H and O–H groups in total. The topological polar surface area (TPSA) is 101 Å². The molecule has 2 atom stereocenters. The quantitative estimate of drug-likeness (QED) is 0.792. The molecule has 7 nitrogen and oxygen atoms in total. The molecule has 0 fully saturated rings. The zero-order chi connectivity index (χ0) is 15.4. The lowest BCUT2D eigenvalue weighted by Gasteiger charge is -2.12. The normalized spacial score (nSPS) is 13.8. The fraction of sp³-hybridized carbons (Fsp3) is 0.308. The lowest BCUT2D eigenvalue weighted by atomic mass is 10.3. The highest BCUT2D eigenvalue weighted by molar-refractivity contribution is 7.84. The van der Waals surface area contributed by atoms with Gasteiger partial charge in [0.05, 0.1) is 17.2 Å². The van der Waals surface area contributed by atoms with Gasteiger partial charge < -0.3 is 14.8 Å². The first kappa shape index (κ1) is 15.2. The van der Waals surface area contributed by atoms with Gasteiger partial charge in [-0.25, -0.2) is 9.78 Å². The second kappa shape index (κ2) is 6.49. The minimum absolute atomic E-state index is 0.144. The van der Waals surface area contributed by atoms with Crippen LogP contribution in [0, 0.1) is 0 Å². The predicted octanol–water partition coefficient (Wildman–Crippen LogP) is 0.172. The van der Waals surface area contributed by atoms with Gasteiger partial charge >= 0.3 is 5.97 Å². The maximum absolute atomic E-state index is 12.0. The van der Waals surface area contributed by atoms with Gasteiger partial charge in [0.1, 0.15) is 11.7 Å². The van der Waals surface area contributed by atoms with Gasteiger partial charge in [0.25, 0.3) is 0 Å². The molecule has 1 amide bonds. The summed E-state index contributed by atoms with van der Waals surface area (Å²) in [5.41, 5.74) is 1.35. The number of nitrogens with zero attached hydrogens (tertiary/aromatic N) is 2. The third-order valence-corrected chi connectivity index (χ3v) is 4.07. The molecular formula is C13H15N3O4S. The third kappa shape index (κ3) is 4.12. The number of aliphatic carboxylic acids is 1. The van der Waals surface area contributed by atoms with Crippen molar-refractivity contribution in [1.29, 1.82) is 0 Å². The van der Waals surface area contributed by atoms with Gasteiger partial charge in [-0.2, -0.15) is 0 Å². The van der Waals surface area contributed by atoms with E-state index in [9.17, 15) is 13.8 Å². The molecule has 8 heteroatoms. The smallest absolute Gasteiger partial charge is 0.327 e. The molecule has 2 rings (SSSR count). The van der Waals surface area contributed by atoms with Crippen molar-refractivity contribution in [3.05, 3.63) is 36.3 Å². The van der Waals surface area contributed by atoms with Crippen LogP contribution in [-0.2, 0) is 26.1 Å². The average molecular weight is 309 g/mol. The Morgan fingerprint density at radius 2 is 2.24 bits per heavy atom. The molecular weight excluding hydrogens is 294 g/mol. The van der Waals surface area contributed by atoms with Crippen molar-refractivity contribution in [3.8, 4) is 0 Å². The van der Waals surface area contributed by atoms with E-state index >= 15 is 0 Å². The number of nitrogens with one attached hydrogen (secondary N) is 1. The minimum atomic E-state index is -1.44. The van der Waals surface area contributed by atoms with Gasteiger partial charge in [-0.1, -0.05) is 6.07 Å². The summed E-state index contributed by atoms with van der Waals surface area (Å²) in [6.07, 6.45) is 3.58. The Hall–Kier alpha value is -2.22. The van der Waals surface area contributed by atoms with Crippen LogP contribution in [0.1, 0.15) is 12.6 Å². The predicted molar refractivity (Wildman–Crippen MR) is 77.1 cm³/mol. The summed E-state index contributed by atoms with van der Waals surface area (Å²) in [6, 6.07) is 4.37. The molecule has 2 aromatic rings. The SMILES string of the molecule is CC(=O)NC(CS(=O)Cc1cn2ccccc2n1)C(=O)O. The molecule has 0 spiro atoms. The molecule has 0 aliphatic carbocycles. The number of fused-ring (bicyclic) bond motifs is 1. The summed E-state index contributed by atoms with van der Waals surface area (Å²) in [6.45, 7) is 1.22. The number of carbonyl (C=O) groups excluding carboxylic acids is 1. The number of carbonyl (C=O) groups is 2. The van der Waals surface area contributed by atoms with Crippen molar-refractivity contribution in [2.45, 2.75) is 18.7 Å². The number of amides is 1. The third-order valence-electron chi connectivity index (χ3n) is 2.75. The number of imidazole rings is 1. The molecule has 0 aromatic carbocycles. The van der Waals surface area contributed by atoms with Gasteiger partial charge in [-0.3, -0.25) is 9.00 Å². The van der Waals surface area contributed by atoms with Gasteiger partial charge in [0.15, 0.2) is 0 Å². The zero-order valence-corrected chi connectivity index (χ0v) is 12.2. The van der Waals surface area contributed by atoms with Crippen molar-refractivity contribution < 1.29 is 18.9 Å². The second-order valence-electron chi connectivity index (χ2n) is 4.54. The number of hydrogen-bond acceptors (Lipinski definition) is 4. The maximum atomic E-state index is 12.0. The molecule has 0 saturated carbocycles. The van der Waals surface area contributed by atoms with E-state index in [1.54, 1.807) is 10.6 Å². The second-order valence-corrected chi connectivity index (χ2v) is 6.04. The Morgan fingerprint density at radius 1 is 1.48 bits per heavy atom. The summed E-state index contributed by atoms with van der Waals surface area (Å²) < 4.78 is 13.8. The first-order valence-electron chi connectivity index (χ1n) is 6.23. The Morgan fingerprint density at radius 3 is 2.86 bits per heavy atom. The van der Waals surface area contributed by atoms with E-state index in [0.717, 1.165) is 5.65 Å². The highest BCUT2D eigenvalue weighted by Crippen LogP contribution is 2.07. The Kier molecular flexibility index (Phi) is 4.69. The molecule has 2 aromatic heterocycles. The van der Waals surface area contributed by atoms with Crippen LogP contribution in [-0.4, -0.2) is 42.4 Å². The number of carboxylic acids is 1. The van der Waals surface area contributed by atoms with Crippen LogP contribution >= 0.6 is 0 Å². The number of carboxylic acid groups (broad SMARTS) is 1. The number of pyridine rings is 1. The first-order valence-corrected chi connectivity index (χ1v) is 7.72. The summed E-state index contributed by atoms with van der Waals surface area (Å²) in [7, 11) is -1.44. The molecule has 21 heavy (non-hydrogen) atoms. The fourth-order valence-electron chi connectivity index (χ4n) is 1.89. The van der Waals surface area contributed by atoms with Crippen molar-refractivity contribution in [2.24, 2.45) is 0 Å². The van der Waals surface area contributed by atoms with Gasteiger partial charge in [-0.15, -0.1) is 0 Å². The Bertz CT molecular complexity index is 665. The summed E-state index contributed by atoms with van der Waals surface area (Å²) in [4.78, 5) is 26.2. The largest absolute Gasteiger partial charge is 0.480 e. The standard InChI is InChI=1S/C13H15N3O4S/c1-9(17)14-11(13(18)19)8-21(20)7-10-6-16-5-3-2-4-12(16)15-10/h2-6,11H,7-8H2,1H3,(H,14,17)(H,18,19). The van der Waals surface area contributed by atoms with Crippen molar-refractivity contribution in [3.63, 3.8) is 0 Å². The highest BCUT2D eigenvalue weighted by Gasteiger charge is 2.21. The van der Waals surface area contributed by atoms with Gasteiger partial charge in [0.2, 0.25) is 5.91 Å². The number of hydrogen-bond donors (Lipinski definition) is 2. The molecule has 0 aliphatic rings. The molecule has 2 unspecified atom stereocenters. The monoisotopic (exact) mass is 309 g/mol. The summed E-state index contributed by atoms with van der Waals surface area (Å²) >= 11 is 0. The molecule has 0 bridgehead atoms. The average Bonchev–Trinajstić information content (AvgIpc) is 2.79. The van der Waals surface area contributed by atoms with Crippen LogP contribution in [0.3, 0.4) is 0 Å². The zero-order valence-electron chi connectivity index (χ0n) is 11.4. The van der Waals surface area contributed by atoms with Crippen LogP contribution in [0.2, 0.25) is 0 Å². The van der Waals surface area contributed by atoms with E-state index in [0.29, 0.717) is 5.69 Å². The molecule has 0 saturated heterocycles. The first-order chi connectivity index (χ1) is 9.95. The van der Waals surface area contributed by atoms with E-state index in [-0.39, 0.29) is 11.5 Å². The number of aromatic nitrogens is 2. The van der Waals surface area contributed by atoms with Crippen LogP contribution in [0.5, 0.6) is 0 Å². The lowest BCUT2D eigenvalue weighted by molar-refractivity contribution is -0.140. The Balaban J connectivity index is 2.03.